The molecule has 1 saturated carbocycles. The van der Waals surface area contributed by atoms with E-state index in [1.54, 1.807) is 0 Å². The minimum Gasteiger partial charge on any atom is -0.489 e. The number of pyridine rings is 1. The number of hydrogen-bond donors (Lipinski definition) is 1. The lowest BCUT2D eigenvalue weighted by atomic mass is 9.91. The fourth-order valence-corrected chi connectivity index (χ4v) is 3.77. The lowest BCUT2D eigenvalue weighted by molar-refractivity contribution is -0.00108. The van der Waals surface area contributed by atoms with Crippen molar-refractivity contribution in [2.75, 3.05) is 26.3 Å². The zero-order valence-corrected chi connectivity index (χ0v) is 13.9. The predicted octanol–water partition coefficient (Wildman–Crippen LogP) is 0.751. The first-order chi connectivity index (χ1) is 11.0. The van der Waals surface area contributed by atoms with E-state index in [9.17, 15) is 8.42 Å². The van der Waals surface area contributed by atoms with E-state index in [0.29, 0.717) is 11.8 Å². The van der Waals surface area contributed by atoms with Gasteiger partial charge in [-0.05, 0) is 25.7 Å². The number of primary sulfonamides is 1. The van der Waals surface area contributed by atoms with E-state index in [1.807, 2.05) is 0 Å². The van der Waals surface area contributed by atoms with Gasteiger partial charge in [0.15, 0.2) is 0 Å². The summed E-state index contributed by atoms with van der Waals surface area (Å²) in [6, 6.07) is 2.05. The zero-order valence-electron chi connectivity index (χ0n) is 13.1. The quantitative estimate of drug-likeness (QED) is 0.868. The van der Waals surface area contributed by atoms with Crippen LogP contribution in [-0.4, -0.2) is 56.8 Å². The Hall–Kier alpha value is -1.22. The molecule has 0 unspecified atom stereocenters. The number of morpholine rings is 1. The lowest BCUT2D eigenvalue weighted by Crippen LogP contribution is -2.46. The van der Waals surface area contributed by atoms with Crippen molar-refractivity contribution in [3.8, 4) is 5.75 Å². The zero-order chi connectivity index (χ0) is 16.3. The SMILES string of the molecule is NS(=O)(=O)c1cncc(OC2CCC(N3CCOCC3)CC2)c1. The average Bonchev–Trinajstić information content (AvgIpc) is 2.56. The summed E-state index contributed by atoms with van der Waals surface area (Å²) in [7, 11) is -3.75. The summed E-state index contributed by atoms with van der Waals surface area (Å²) in [5.41, 5.74) is 0. The van der Waals surface area contributed by atoms with Crippen molar-refractivity contribution in [2.45, 2.75) is 42.7 Å². The van der Waals surface area contributed by atoms with Crippen LogP contribution in [0.2, 0.25) is 0 Å². The number of nitrogens with two attached hydrogens (primary N) is 1. The van der Waals surface area contributed by atoms with Crippen LogP contribution in [0.25, 0.3) is 0 Å². The minimum atomic E-state index is -3.75. The van der Waals surface area contributed by atoms with Gasteiger partial charge in [0.05, 0.1) is 25.5 Å². The molecule has 1 aromatic heterocycles. The van der Waals surface area contributed by atoms with Gasteiger partial charge in [0, 0.05) is 31.4 Å². The molecule has 2 N–H and O–H groups in total. The molecule has 2 heterocycles. The van der Waals surface area contributed by atoms with Gasteiger partial charge in [0.1, 0.15) is 10.6 Å². The van der Waals surface area contributed by atoms with E-state index < -0.39 is 10.0 Å². The second-order valence-corrected chi connectivity index (χ2v) is 7.66. The van der Waals surface area contributed by atoms with Crippen molar-refractivity contribution in [3.05, 3.63) is 18.5 Å². The maximum absolute atomic E-state index is 11.4. The van der Waals surface area contributed by atoms with Crippen LogP contribution in [0, 0.1) is 0 Å². The highest BCUT2D eigenvalue weighted by Gasteiger charge is 2.27. The van der Waals surface area contributed by atoms with Crippen LogP contribution in [0.1, 0.15) is 25.7 Å². The molecule has 1 aromatic rings. The van der Waals surface area contributed by atoms with Gasteiger partial charge in [-0.15, -0.1) is 0 Å². The average molecular weight is 341 g/mol. The van der Waals surface area contributed by atoms with Crippen LogP contribution in [0.4, 0.5) is 0 Å². The van der Waals surface area contributed by atoms with Crippen LogP contribution < -0.4 is 9.88 Å². The molecule has 0 aromatic carbocycles. The van der Waals surface area contributed by atoms with Crippen LogP contribution in [0.15, 0.2) is 23.4 Å². The molecule has 0 bridgehead atoms. The number of aromatic nitrogens is 1. The third-order valence-corrected chi connectivity index (χ3v) is 5.41. The van der Waals surface area contributed by atoms with Crippen LogP contribution in [-0.2, 0) is 14.8 Å². The van der Waals surface area contributed by atoms with Gasteiger partial charge in [-0.25, -0.2) is 13.6 Å². The summed E-state index contributed by atoms with van der Waals surface area (Å²) in [6.07, 6.45) is 6.97. The highest BCUT2D eigenvalue weighted by Crippen LogP contribution is 2.27. The van der Waals surface area contributed by atoms with Gasteiger partial charge in [-0.3, -0.25) is 9.88 Å². The Morgan fingerprint density at radius 2 is 1.87 bits per heavy atom. The first-order valence-electron chi connectivity index (χ1n) is 7.99. The smallest absolute Gasteiger partial charge is 0.239 e. The van der Waals surface area contributed by atoms with Crippen molar-refractivity contribution >= 4 is 10.0 Å². The van der Waals surface area contributed by atoms with Gasteiger partial charge in [-0.1, -0.05) is 0 Å². The third-order valence-electron chi connectivity index (χ3n) is 4.53. The molecular weight excluding hydrogens is 318 g/mol. The lowest BCUT2D eigenvalue weighted by Gasteiger charge is -2.38. The molecule has 2 aliphatic rings. The van der Waals surface area contributed by atoms with E-state index in [-0.39, 0.29) is 11.0 Å². The molecule has 7 nitrogen and oxygen atoms in total. The van der Waals surface area contributed by atoms with Crippen molar-refractivity contribution < 1.29 is 17.9 Å². The molecule has 128 valence electrons. The fourth-order valence-electron chi connectivity index (χ4n) is 3.28. The molecule has 1 aliphatic carbocycles. The van der Waals surface area contributed by atoms with E-state index in [4.69, 9.17) is 14.6 Å². The van der Waals surface area contributed by atoms with Gasteiger partial charge < -0.3 is 9.47 Å². The first-order valence-corrected chi connectivity index (χ1v) is 9.53. The summed E-state index contributed by atoms with van der Waals surface area (Å²) in [5.74, 6) is 0.464. The fraction of sp³-hybridized carbons (Fsp3) is 0.667. The summed E-state index contributed by atoms with van der Waals surface area (Å²) < 4.78 is 34.0. The van der Waals surface area contributed by atoms with Crippen molar-refractivity contribution in [3.63, 3.8) is 0 Å². The second kappa shape index (κ2) is 7.12. The Morgan fingerprint density at radius 1 is 1.17 bits per heavy atom. The Labute approximate surface area is 136 Å². The molecule has 1 aliphatic heterocycles. The summed E-state index contributed by atoms with van der Waals surface area (Å²) in [6.45, 7) is 3.66. The number of ether oxygens (including phenoxy) is 2. The summed E-state index contributed by atoms with van der Waals surface area (Å²) >= 11 is 0. The van der Waals surface area contributed by atoms with E-state index in [0.717, 1.165) is 52.0 Å². The first kappa shape index (κ1) is 16.6. The second-order valence-electron chi connectivity index (χ2n) is 6.10. The molecule has 0 radical (unpaired) electrons. The molecule has 8 heteroatoms. The van der Waals surface area contributed by atoms with E-state index >= 15 is 0 Å². The van der Waals surface area contributed by atoms with Crippen molar-refractivity contribution in [1.82, 2.24) is 9.88 Å². The van der Waals surface area contributed by atoms with E-state index in [1.165, 1.54) is 18.5 Å². The van der Waals surface area contributed by atoms with Gasteiger partial charge >= 0.3 is 0 Å². The Balaban J connectivity index is 1.54. The van der Waals surface area contributed by atoms with Crippen molar-refractivity contribution in [1.29, 1.82) is 0 Å². The maximum atomic E-state index is 11.4. The van der Waals surface area contributed by atoms with Crippen LogP contribution in [0.5, 0.6) is 5.75 Å². The van der Waals surface area contributed by atoms with Crippen LogP contribution in [0.3, 0.4) is 0 Å². The number of hydrogen-bond acceptors (Lipinski definition) is 6. The number of nitrogens with zero attached hydrogens (tertiary/aromatic N) is 2. The summed E-state index contributed by atoms with van der Waals surface area (Å²) in [5, 5.41) is 5.12. The molecular formula is C15H23N3O4S. The monoisotopic (exact) mass is 341 g/mol. The largest absolute Gasteiger partial charge is 0.489 e. The number of rotatable bonds is 4. The van der Waals surface area contributed by atoms with Gasteiger partial charge in [-0.2, -0.15) is 0 Å². The molecule has 1 saturated heterocycles. The van der Waals surface area contributed by atoms with E-state index in [2.05, 4.69) is 9.88 Å². The van der Waals surface area contributed by atoms with Crippen molar-refractivity contribution in [2.24, 2.45) is 5.14 Å². The topological polar surface area (TPSA) is 94.8 Å². The minimum absolute atomic E-state index is 0.0167. The molecule has 0 amide bonds. The highest BCUT2D eigenvalue weighted by molar-refractivity contribution is 7.89. The molecule has 23 heavy (non-hydrogen) atoms. The third kappa shape index (κ3) is 4.41. The van der Waals surface area contributed by atoms with Crippen LogP contribution >= 0.6 is 0 Å². The molecule has 0 spiro atoms. The Morgan fingerprint density at radius 3 is 2.52 bits per heavy atom. The standard InChI is InChI=1S/C15H23N3O4S/c16-23(19,20)15-9-14(10-17-11-15)22-13-3-1-12(2-4-13)18-5-7-21-8-6-18/h9-13H,1-8H2,(H2,16,19,20). The van der Waals surface area contributed by atoms with Gasteiger partial charge in [0.25, 0.3) is 0 Å². The molecule has 2 fully saturated rings. The maximum Gasteiger partial charge on any atom is 0.239 e. The number of sulfonamides is 1. The normalized spacial score (nSPS) is 26.8. The molecule has 0 atom stereocenters. The Bertz CT molecular complexity index is 623. The highest BCUT2D eigenvalue weighted by atomic mass is 32.2. The Kier molecular flexibility index (Phi) is 5.15. The molecule has 3 rings (SSSR count). The van der Waals surface area contributed by atoms with Gasteiger partial charge in [0.2, 0.25) is 10.0 Å². The predicted molar refractivity (Wildman–Crippen MR) is 84.7 cm³/mol. The summed E-state index contributed by atoms with van der Waals surface area (Å²) in [4.78, 5) is 6.38.